The van der Waals surface area contributed by atoms with Crippen molar-refractivity contribution in [3.05, 3.63) is 33.9 Å². The van der Waals surface area contributed by atoms with Gasteiger partial charge in [-0.05, 0) is 18.1 Å². The Kier molecular flexibility index (Phi) is 5.09. The first-order chi connectivity index (χ1) is 10.2. The van der Waals surface area contributed by atoms with Crippen LogP contribution >= 0.6 is 0 Å². The average molecular weight is 291 g/mol. The Morgan fingerprint density at radius 3 is 2.76 bits per heavy atom. The van der Waals surface area contributed by atoms with Crippen molar-refractivity contribution >= 4 is 11.4 Å². The zero-order valence-corrected chi connectivity index (χ0v) is 11.6. The first-order valence-corrected chi connectivity index (χ1v) is 6.76. The lowest BCUT2D eigenvalue weighted by molar-refractivity contribution is -0.384. The van der Waals surface area contributed by atoms with Gasteiger partial charge in [0.2, 0.25) is 0 Å². The number of aliphatic hydroxyl groups excluding tert-OH is 1. The zero-order valence-electron chi connectivity index (χ0n) is 11.6. The van der Waals surface area contributed by atoms with Crippen LogP contribution in [-0.4, -0.2) is 42.9 Å². The molecule has 7 nitrogen and oxygen atoms in total. The zero-order chi connectivity index (χ0) is 15.2. The third kappa shape index (κ3) is 3.68. The van der Waals surface area contributed by atoms with Gasteiger partial charge in [0, 0.05) is 19.2 Å². The second-order valence-electron chi connectivity index (χ2n) is 4.89. The van der Waals surface area contributed by atoms with Crippen molar-refractivity contribution in [3.8, 4) is 6.07 Å². The molecular weight excluding hydrogens is 274 g/mol. The molecule has 0 aliphatic carbocycles. The summed E-state index contributed by atoms with van der Waals surface area (Å²) in [5.74, 6) is -0.543. The SMILES string of the molecule is N#C[C@H](CO)Cc1ccc(N2CCOCC2)c([N+](=O)[O-])c1. The lowest BCUT2D eigenvalue weighted by atomic mass is 10.0. The minimum absolute atomic E-state index is 0.0315. The summed E-state index contributed by atoms with van der Waals surface area (Å²) >= 11 is 0. The number of nitrogens with zero attached hydrogens (tertiary/aromatic N) is 3. The molecular formula is C14H17N3O4. The van der Waals surface area contributed by atoms with E-state index >= 15 is 0 Å². The van der Waals surface area contributed by atoms with Gasteiger partial charge in [-0.3, -0.25) is 10.1 Å². The third-order valence-electron chi connectivity index (χ3n) is 3.47. The highest BCUT2D eigenvalue weighted by Gasteiger charge is 2.22. The average Bonchev–Trinajstić information content (AvgIpc) is 2.53. The van der Waals surface area contributed by atoms with Crippen molar-refractivity contribution in [3.63, 3.8) is 0 Å². The molecule has 2 rings (SSSR count). The number of anilines is 1. The van der Waals surface area contributed by atoms with E-state index in [1.54, 1.807) is 12.1 Å². The van der Waals surface area contributed by atoms with E-state index in [4.69, 9.17) is 15.1 Å². The number of aliphatic hydroxyl groups is 1. The summed E-state index contributed by atoms with van der Waals surface area (Å²) in [4.78, 5) is 12.8. The molecule has 1 fully saturated rings. The van der Waals surface area contributed by atoms with Crippen LogP contribution in [-0.2, 0) is 11.2 Å². The van der Waals surface area contributed by atoms with Crippen molar-refractivity contribution in [2.45, 2.75) is 6.42 Å². The van der Waals surface area contributed by atoms with Crippen LogP contribution in [0.2, 0.25) is 0 Å². The summed E-state index contributed by atoms with van der Waals surface area (Å²) in [5, 5.41) is 29.2. The van der Waals surface area contributed by atoms with Gasteiger partial charge in [0.1, 0.15) is 5.69 Å². The van der Waals surface area contributed by atoms with Gasteiger partial charge in [0.15, 0.2) is 0 Å². The molecule has 0 saturated carbocycles. The van der Waals surface area contributed by atoms with Crippen molar-refractivity contribution in [2.24, 2.45) is 5.92 Å². The second kappa shape index (κ2) is 7.02. The van der Waals surface area contributed by atoms with Crippen LogP contribution in [0.15, 0.2) is 18.2 Å². The van der Waals surface area contributed by atoms with E-state index in [1.807, 2.05) is 11.0 Å². The predicted molar refractivity (Wildman–Crippen MR) is 76.0 cm³/mol. The Morgan fingerprint density at radius 1 is 1.48 bits per heavy atom. The van der Waals surface area contributed by atoms with Crippen LogP contribution in [0.1, 0.15) is 5.56 Å². The topological polar surface area (TPSA) is 99.6 Å². The van der Waals surface area contributed by atoms with E-state index in [0.29, 0.717) is 44.0 Å². The molecule has 7 heteroatoms. The summed E-state index contributed by atoms with van der Waals surface area (Å²) in [6, 6.07) is 6.96. The number of morpholine rings is 1. The van der Waals surface area contributed by atoms with E-state index in [2.05, 4.69) is 0 Å². The van der Waals surface area contributed by atoms with E-state index in [-0.39, 0.29) is 12.3 Å². The van der Waals surface area contributed by atoms with Gasteiger partial charge in [0.25, 0.3) is 5.69 Å². The van der Waals surface area contributed by atoms with Crippen molar-refractivity contribution in [1.29, 1.82) is 5.26 Å². The molecule has 1 heterocycles. The Hall–Kier alpha value is -2.17. The van der Waals surface area contributed by atoms with Gasteiger partial charge in [0.05, 0.1) is 36.7 Å². The fraction of sp³-hybridized carbons (Fsp3) is 0.500. The van der Waals surface area contributed by atoms with Gasteiger partial charge < -0.3 is 14.7 Å². The molecule has 1 aromatic carbocycles. The summed E-state index contributed by atoms with van der Waals surface area (Å²) in [7, 11) is 0. The molecule has 1 N–H and O–H groups in total. The Labute approximate surface area is 122 Å². The molecule has 1 aliphatic rings. The summed E-state index contributed by atoms with van der Waals surface area (Å²) in [5.41, 5.74) is 1.29. The normalized spacial score (nSPS) is 16.3. The summed E-state index contributed by atoms with van der Waals surface area (Å²) in [6.45, 7) is 2.10. The molecule has 0 radical (unpaired) electrons. The molecule has 1 aromatic rings. The molecule has 0 bridgehead atoms. The molecule has 1 atom stereocenters. The quantitative estimate of drug-likeness (QED) is 0.644. The van der Waals surface area contributed by atoms with Crippen molar-refractivity contribution in [1.82, 2.24) is 0 Å². The fourth-order valence-electron chi connectivity index (χ4n) is 2.35. The number of nitriles is 1. The minimum atomic E-state index is -0.543. The van der Waals surface area contributed by atoms with Gasteiger partial charge in [-0.1, -0.05) is 6.07 Å². The fourth-order valence-corrected chi connectivity index (χ4v) is 2.35. The van der Waals surface area contributed by atoms with Crippen LogP contribution in [0.25, 0.3) is 0 Å². The maximum atomic E-state index is 11.3. The molecule has 1 aliphatic heterocycles. The van der Waals surface area contributed by atoms with Crippen molar-refractivity contribution < 1.29 is 14.8 Å². The van der Waals surface area contributed by atoms with Crippen LogP contribution in [0.5, 0.6) is 0 Å². The molecule has 21 heavy (non-hydrogen) atoms. The molecule has 0 spiro atoms. The van der Waals surface area contributed by atoms with Gasteiger partial charge in [-0.2, -0.15) is 5.26 Å². The molecule has 0 amide bonds. The van der Waals surface area contributed by atoms with Gasteiger partial charge >= 0.3 is 0 Å². The van der Waals surface area contributed by atoms with Crippen LogP contribution in [0.4, 0.5) is 11.4 Å². The first-order valence-electron chi connectivity index (χ1n) is 6.76. The van der Waals surface area contributed by atoms with Crippen LogP contribution in [0.3, 0.4) is 0 Å². The highest BCUT2D eigenvalue weighted by molar-refractivity contribution is 5.64. The lowest BCUT2D eigenvalue weighted by Crippen LogP contribution is -2.36. The standard InChI is InChI=1S/C14H17N3O4/c15-9-12(10-18)7-11-1-2-13(14(8-11)17(19)20)16-3-5-21-6-4-16/h1-2,8,12,18H,3-7,10H2/t12-/m1/s1. The molecule has 1 saturated heterocycles. The smallest absolute Gasteiger partial charge is 0.292 e. The van der Waals surface area contributed by atoms with E-state index in [9.17, 15) is 10.1 Å². The third-order valence-corrected chi connectivity index (χ3v) is 3.47. The van der Waals surface area contributed by atoms with Crippen molar-refractivity contribution in [2.75, 3.05) is 37.8 Å². The molecule has 0 aromatic heterocycles. The Bertz CT molecular complexity index is 550. The number of benzene rings is 1. The number of nitro benzene ring substituents is 1. The maximum absolute atomic E-state index is 11.3. The number of hydrogen-bond acceptors (Lipinski definition) is 6. The van der Waals surface area contributed by atoms with Crippen LogP contribution in [0, 0.1) is 27.4 Å². The molecule has 0 unspecified atom stereocenters. The van der Waals surface area contributed by atoms with E-state index < -0.39 is 10.8 Å². The first kappa shape index (κ1) is 15.2. The second-order valence-corrected chi connectivity index (χ2v) is 4.89. The highest BCUT2D eigenvalue weighted by atomic mass is 16.6. The maximum Gasteiger partial charge on any atom is 0.292 e. The number of nitro groups is 1. The van der Waals surface area contributed by atoms with E-state index in [1.165, 1.54) is 6.07 Å². The summed E-state index contributed by atoms with van der Waals surface area (Å²) < 4.78 is 5.25. The van der Waals surface area contributed by atoms with Crippen LogP contribution < -0.4 is 4.90 Å². The Morgan fingerprint density at radius 2 is 2.19 bits per heavy atom. The minimum Gasteiger partial charge on any atom is -0.395 e. The lowest BCUT2D eigenvalue weighted by Gasteiger charge is -2.28. The number of hydrogen-bond donors (Lipinski definition) is 1. The number of ether oxygens (including phenoxy) is 1. The molecule has 112 valence electrons. The summed E-state index contributed by atoms with van der Waals surface area (Å²) in [6.07, 6.45) is 0.303. The number of rotatable bonds is 5. The van der Waals surface area contributed by atoms with Gasteiger partial charge in [-0.25, -0.2) is 0 Å². The van der Waals surface area contributed by atoms with Gasteiger partial charge in [-0.15, -0.1) is 0 Å². The highest BCUT2D eigenvalue weighted by Crippen LogP contribution is 2.30. The van der Waals surface area contributed by atoms with E-state index in [0.717, 1.165) is 0 Å². The largest absolute Gasteiger partial charge is 0.395 e. The monoisotopic (exact) mass is 291 g/mol. The Balaban J connectivity index is 2.26. The predicted octanol–water partition coefficient (Wildman–Crippen LogP) is 1.11.